The molecule has 0 aliphatic carbocycles. The van der Waals surface area contributed by atoms with Crippen LogP contribution in [0.2, 0.25) is 0 Å². The summed E-state index contributed by atoms with van der Waals surface area (Å²) in [7, 11) is 0. The van der Waals surface area contributed by atoms with Crippen LogP contribution in [0.5, 0.6) is 5.75 Å². The number of esters is 1. The number of nitrogens with one attached hydrogen (secondary N) is 1. The lowest BCUT2D eigenvalue weighted by atomic mass is 9.97. The predicted molar refractivity (Wildman–Crippen MR) is 131 cm³/mol. The molecule has 4 aromatic rings. The molecule has 3 heterocycles. The van der Waals surface area contributed by atoms with Crippen LogP contribution in [0, 0.1) is 0 Å². The molecule has 5 rings (SSSR count). The lowest BCUT2D eigenvalue weighted by molar-refractivity contribution is 0.0526. The fourth-order valence-electron chi connectivity index (χ4n) is 4.22. The van der Waals surface area contributed by atoms with Crippen molar-refractivity contribution < 1.29 is 19.1 Å². The van der Waals surface area contributed by atoms with E-state index in [1.54, 1.807) is 47.4 Å². The smallest absolute Gasteiger partial charge is 0.338 e. The first-order valence-corrected chi connectivity index (χ1v) is 12.0. The van der Waals surface area contributed by atoms with E-state index in [0.29, 0.717) is 30.2 Å². The van der Waals surface area contributed by atoms with Crippen LogP contribution < -0.4 is 9.64 Å². The minimum atomic E-state index is -0.391. The monoisotopic (exact) mass is 473 g/mol. The Hall–Kier alpha value is -3.91. The fourth-order valence-corrected chi connectivity index (χ4v) is 4.95. The third kappa shape index (κ3) is 3.76. The number of thiophene rings is 1. The SMILES string of the molecule is CCOC(=O)c1ccc(N2C(=O)c3n[nH]c(-c4cccs4)c3[C@@H]2c2ccc(OCC)cc2)cc1. The number of carbonyl (C=O) groups excluding carboxylic acids is 2. The van der Waals surface area contributed by atoms with Crippen LogP contribution in [-0.2, 0) is 4.74 Å². The highest BCUT2D eigenvalue weighted by atomic mass is 32.1. The van der Waals surface area contributed by atoms with Gasteiger partial charge in [0.15, 0.2) is 5.69 Å². The summed E-state index contributed by atoms with van der Waals surface area (Å²) in [6.45, 7) is 4.59. The summed E-state index contributed by atoms with van der Waals surface area (Å²) in [5.41, 5.74) is 4.12. The molecule has 8 heteroatoms. The Labute approximate surface area is 200 Å². The predicted octanol–water partition coefficient (Wildman–Crippen LogP) is 5.46. The summed E-state index contributed by atoms with van der Waals surface area (Å²) >= 11 is 1.59. The highest BCUT2D eigenvalue weighted by Crippen LogP contribution is 2.45. The van der Waals surface area contributed by atoms with Gasteiger partial charge < -0.3 is 9.47 Å². The van der Waals surface area contributed by atoms with E-state index in [4.69, 9.17) is 9.47 Å². The second-order valence-corrected chi connectivity index (χ2v) is 8.63. The molecule has 0 saturated heterocycles. The number of rotatable bonds is 7. The second kappa shape index (κ2) is 9.15. The van der Waals surface area contributed by atoms with Gasteiger partial charge in [-0.15, -0.1) is 11.3 Å². The molecule has 172 valence electrons. The molecule has 1 aliphatic heterocycles. The minimum Gasteiger partial charge on any atom is -0.494 e. The van der Waals surface area contributed by atoms with Gasteiger partial charge in [0.25, 0.3) is 5.91 Å². The number of H-pyrrole nitrogens is 1. The van der Waals surface area contributed by atoms with E-state index in [0.717, 1.165) is 27.4 Å². The Bertz CT molecular complexity index is 1310. The number of ether oxygens (including phenoxy) is 2. The molecule has 1 N–H and O–H groups in total. The molecule has 0 bridgehead atoms. The molecule has 0 saturated carbocycles. The average molecular weight is 474 g/mol. The lowest BCUT2D eigenvalue weighted by Gasteiger charge is -2.26. The first kappa shape index (κ1) is 21.9. The molecule has 0 fully saturated rings. The van der Waals surface area contributed by atoms with E-state index >= 15 is 0 Å². The van der Waals surface area contributed by atoms with Crippen molar-refractivity contribution in [2.75, 3.05) is 18.1 Å². The number of hydrogen-bond acceptors (Lipinski definition) is 6. The summed E-state index contributed by atoms with van der Waals surface area (Å²) < 4.78 is 10.7. The lowest BCUT2D eigenvalue weighted by Crippen LogP contribution is -2.29. The maximum absolute atomic E-state index is 13.6. The first-order valence-electron chi connectivity index (χ1n) is 11.1. The van der Waals surface area contributed by atoms with Crippen LogP contribution in [0.25, 0.3) is 10.6 Å². The number of anilines is 1. The molecule has 1 amide bonds. The van der Waals surface area contributed by atoms with Crippen molar-refractivity contribution in [3.05, 3.63) is 88.4 Å². The summed E-state index contributed by atoms with van der Waals surface area (Å²) in [5, 5.41) is 9.47. The van der Waals surface area contributed by atoms with Crippen LogP contribution in [0.4, 0.5) is 5.69 Å². The molecule has 0 unspecified atom stereocenters. The van der Waals surface area contributed by atoms with Crippen molar-refractivity contribution in [1.29, 1.82) is 0 Å². The van der Waals surface area contributed by atoms with E-state index in [1.807, 2.05) is 48.7 Å². The van der Waals surface area contributed by atoms with Crippen LogP contribution in [0.1, 0.15) is 51.9 Å². The summed E-state index contributed by atoms with van der Waals surface area (Å²) in [6.07, 6.45) is 0. The van der Waals surface area contributed by atoms with Gasteiger partial charge in [-0.25, -0.2) is 4.79 Å². The highest BCUT2D eigenvalue weighted by molar-refractivity contribution is 7.13. The van der Waals surface area contributed by atoms with E-state index < -0.39 is 5.97 Å². The van der Waals surface area contributed by atoms with Gasteiger partial charge in [0.1, 0.15) is 5.75 Å². The molecule has 0 spiro atoms. The van der Waals surface area contributed by atoms with Gasteiger partial charge in [0, 0.05) is 11.3 Å². The molecule has 1 aliphatic rings. The van der Waals surface area contributed by atoms with Crippen LogP contribution in [0.15, 0.2) is 66.0 Å². The van der Waals surface area contributed by atoms with Crippen molar-refractivity contribution in [3.63, 3.8) is 0 Å². The minimum absolute atomic E-state index is 0.197. The maximum atomic E-state index is 13.6. The molecule has 34 heavy (non-hydrogen) atoms. The molecular formula is C26H23N3O4S. The van der Waals surface area contributed by atoms with Gasteiger partial charge in [0.2, 0.25) is 0 Å². The number of fused-ring (bicyclic) bond motifs is 1. The summed E-state index contributed by atoms with van der Waals surface area (Å²) in [4.78, 5) is 28.4. The normalized spacial score (nSPS) is 14.8. The number of hydrogen-bond donors (Lipinski definition) is 1. The zero-order chi connectivity index (χ0) is 23.7. The highest BCUT2D eigenvalue weighted by Gasteiger charge is 2.43. The largest absolute Gasteiger partial charge is 0.494 e. The molecule has 1 atom stereocenters. The van der Waals surface area contributed by atoms with Gasteiger partial charge in [-0.3, -0.25) is 14.8 Å². The first-order chi connectivity index (χ1) is 16.6. The van der Waals surface area contributed by atoms with Crippen LogP contribution in [0.3, 0.4) is 0 Å². The zero-order valence-electron chi connectivity index (χ0n) is 18.8. The van der Waals surface area contributed by atoms with Gasteiger partial charge >= 0.3 is 5.97 Å². The van der Waals surface area contributed by atoms with Gasteiger partial charge in [-0.05, 0) is 67.3 Å². The topological polar surface area (TPSA) is 84.5 Å². The number of carbonyl (C=O) groups is 2. The molecule has 2 aromatic heterocycles. The Morgan fingerprint density at radius 3 is 2.47 bits per heavy atom. The Morgan fingerprint density at radius 1 is 1.06 bits per heavy atom. The van der Waals surface area contributed by atoms with Gasteiger partial charge in [-0.1, -0.05) is 18.2 Å². The molecule has 7 nitrogen and oxygen atoms in total. The second-order valence-electron chi connectivity index (χ2n) is 7.69. The third-order valence-corrected chi connectivity index (χ3v) is 6.58. The number of nitrogens with zero attached hydrogens (tertiary/aromatic N) is 2. The van der Waals surface area contributed by atoms with Crippen molar-refractivity contribution in [2.24, 2.45) is 0 Å². The quantitative estimate of drug-likeness (QED) is 0.360. The van der Waals surface area contributed by atoms with Crippen LogP contribution in [-0.4, -0.2) is 35.3 Å². The molecule has 0 radical (unpaired) electrons. The Balaban J connectivity index is 1.60. The maximum Gasteiger partial charge on any atom is 0.338 e. The van der Waals surface area contributed by atoms with E-state index in [2.05, 4.69) is 10.2 Å². The van der Waals surface area contributed by atoms with E-state index in [9.17, 15) is 9.59 Å². The van der Waals surface area contributed by atoms with Gasteiger partial charge in [0.05, 0.1) is 35.4 Å². The number of aromatic amines is 1. The summed E-state index contributed by atoms with van der Waals surface area (Å²) in [6, 6.07) is 18.3. The van der Waals surface area contributed by atoms with Crippen molar-refractivity contribution in [1.82, 2.24) is 10.2 Å². The summed E-state index contributed by atoms with van der Waals surface area (Å²) in [5.74, 6) is 0.182. The third-order valence-electron chi connectivity index (χ3n) is 5.69. The van der Waals surface area contributed by atoms with Crippen LogP contribution >= 0.6 is 11.3 Å². The Kier molecular flexibility index (Phi) is 5.90. The van der Waals surface area contributed by atoms with E-state index in [-0.39, 0.29) is 11.9 Å². The van der Waals surface area contributed by atoms with E-state index in [1.165, 1.54) is 0 Å². The average Bonchev–Trinajstić information content (AvgIpc) is 3.58. The molecular weight excluding hydrogens is 450 g/mol. The number of amides is 1. The fraction of sp³-hybridized carbons (Fsp3) is 0.192. The van der Waals surface area contributed by atoms with Crippen molar-refractivity contribution in [2.45, 2.75) is 19.9 Å². The zero-order valence-corrected chi connectivity index (χ0v) is 19.6. The number of benzene rings is 2. The Morgan fingerprint density at radius 2 is 1.82 bits per heavy atom. The van der Waals surface area contributed by atoms with Gasteiger partial charge in [-0.2, -0.15) is 5.10 Å². The number of aromatic nitrogens is 2. The standard InChI is InChI=1S/C26H23N3O4S/c1-3-32-19-13-9-16(10-14-19)24-21-22(20-6-5-15-34-20)27-28-23(21)25(30)29(24)18-11-7-17(8-12-18)26(31)33-4-2/h5-15,24H,3-4H2,1-2H3,(H,27,28)/t24-/m0/s1. The van der Waals surface area contributed by atoms with Crippen molar-refractivity contribution in [3.8, 4) is 16.3 Å². The van der Waals surface area contributed by atoms with Crippen molar-refractivity contribution >= 4 is 28.9 Å². The molecule has 2 aromatic carbocycles.